The van der Waals surface area contributed by atoms with Crippen molar-refractivity contribution < 1.29 is 27.1 Å². The Labute approximate surface area is 240 Å². The summed E-state index contributed by atoms with van der Waals surface area (Å²) >= 11 is 0. The number of hydrogen-bond acceptors (Lipinski definition) is 10. The molecular formula is C28H26FN7O5S. The van der Waals surface area contributed by atoms with Crippen molar-refractivity contribution in [3.8, 4) is 17.0 Å². The minimum Gasteiger partial charge on any atom is -0.480 e. The van der Waals surface area contributed by atoms with Crippen molar-refractivity contribution in [3.05, 3.63) is 73.2 Å². The Bertz CT molecular complexity index is 1810. The summed E-state index contributed by atoms with van der Waals surface area (Å²) in [7, 11) is -2.96. The van der Waals surface area contributed by atoms with Gasteiger partial charge in [0.1, 0.15) is 22.7 Å². The summed E-state index contributed by atoms with van der Waals surface area (Å²) in [5.74, 6) is -0.710. The summed E-state index contributed by atoms with van der Waals surface area (Å²) < 4.78 is 47.7. The molecule has 1 saturated heterocycles. The van der Waals surface area contributed by atoms with Gasteiger partial charge in [-0.25, -0.2) is 27.8 Å². The number of rotatable bonds is 8. The maximum Gasteiger partial charge on any atom is 0.265 e. The average molecular weight is 592 g/mol. The molecule has 4 aromatic rings. The molecule has 1 aliphatic rings. The molecule has 3 aromatic heterocycles. The highest BCUT2D eigenvalue weighted by molar-refractivity contribution is 7.92. The van der Waals surface area contributed by atoms with Gasteiger partial charge in [-0.15, -0.1) is 0 Å². The van der Waals surface area contributed by atoms with E-state index in [1.807, 2.05) is 18.2 Å². The third kappa shape index (κ3) is 6.02. The highest BCUT2D eigenvalue weighted by Crippen LogP contribution is 2.33. The van der Waals surface area contributed by atoms with Crippen LogP contribution in [0.15, 0.2) is 72.3 Å². The number of aromatic nitrogens is 4. The van der Waals surface area contributed by atoms with E-state index >= 15 is 0 Å². The largest absolute Gasteiger partial charge is 0.480 e. The molecule has 12 nitrogen and oxygen atoms in total. The van der Waals surface area contributed by atoms with Gasteiger partial charge in [0.25, 0.3) is 10.0 Å². The van der Waals surface area contributed by atoms with Gasteiger partial charge in [-0.05, 0) is 42.8 Å². The Hall–Kier alpha value is -4.98. The van der Waals surface area contributed by atoms with E-state index in [0.29, 0.717) is 48.6 Å². The Balaban J connectivity index is 1.43. The third-order valence-corrected chi connectivity index (χ3v) is 8.01. The molecule has 0 bridgehead atoms. The molecule has 14 heteroatoms. The SMILES string of the molecule is COc1ncc(-c2ccc3ncnc(N4CCN(C(=O)/C=C/C(C)=O)CC4)c3c2)cc1NS(=O)(=O)c1ccncc1F. The average Bonchev–Trinajstić information content (AvgIpc) is 2.99. The van der Waals surface area contributed by atoms with Crippen molar-refractivity contribution in [1.29, 1.82) is 0 Å². The molecule has 0 spiro atoms. The van der Waals surface area contributed by atoms with Gasteiger partial charge in [0.05, 0.1) is 18.8 Å². The van der Waals surface area contributed by atoms with E-state index in [1.54, 1.807) is 11.0 Å². The van der Waals surface area contributed by atoms with E-state index in [0.717, 1.165) is 17.6 Å². The number of ketones is 1. The van der Waals surface area contributed by atoms with Crippen molar-refractivity contribution in [1.82, 2.24) is 24.8 Å². The Morgan fingerprint density at radius 2 is 1.79 bits per heavy atom. The smallest absolute Gasteiger partial charge is 0.265 e. The van der Waals surface area contributed by atoms with Crippen molar-refractivity contribution in [3.63, 3.8) is 0 Å². The molecule has 216 valence electrons. The number of nitrogens with one attached hydrogen (secondary N) is 1. The minimum atomic E-state index is -4.31. The summed E-state index contributed by atoms with van der Waals surface area (Å²) in [6.07, 6.45) is 7.56. The van der Waals surface area contributed by atoms with Gasteiger partial charge >= 0.3 is 0 Å². The number of fused-ring (bicyclic) bond motifs is 1. The van der Waals surface area contributed by atoms with Crippen molar-refractivity contribution >= 4 is 44.1 Å². The quantitative estimate of drug-likeness (QED) is 0.303. The number of hydrogen-bond donors (Lipinski definition) is 1. The number of sulfonamides is 1. The van der Waals surface area contributed by atoms with Crippen LogP contribution in [0.25, 0.3) is 22.0 Å². The summed E-state index contributed by atoms with van der Waals surface area (Å²) in [5.41, 5.74) is 1.98. The standard InChI is InChI=1S/C28H26FN7O5S/c1-18(37)3-6-26(38)35-9-11-36(12-10-35)27-21-13-19(4-5-23(21)32-17-33-27)20-14-24(28(41-2)31-15-20)34-42(39,40)25-7-8-30-16-22(25)29/h3-8,13-17,34H,9-12H2,1-2H3/b6-3+. The van der Waals surface area contributed by atoms with E-state index < -0.39 is 20.7 Å². The van der Waals surface area contributed by atoms with Gasteiger partial charge in [-0.1, -0.05) is 6.07 Å². The van der Waals surface area contributed by atoms with E-state index in [4.69, 9.17) is 4.74 Å². The zero-order valence-electron chi connectivity index (χ0n) is 22.7. The zero-order valence-corrected chi connectivity index (χ0v) is 23.5. The minimum absolute atomic E-state index is 0.00664. The van der Waals surface area contributed by atoms with Crippen LogP contribution in [0.4, 0.5) is 15.9 Å². The molecule has 0 radical (unpaired) electrons. The van der Waals surface area contributed by atoms with Gasteiger partial charge in [0, 0.05) is 55.6 Å². The van der Waals surface area contributed by atoms with Crippen molar-refractivity contribution in [2.45, 2.75) is 11.8 Å². The second kappa shape index (κ2) is 11.9. The van der Waals surface area contributed by atoms with Gasteiger partial charge in [0.15, 0.2) is 11.6 Å². The fraction of sp³-hybridized carbons (Fsp3) is 0.214. The molecule has 1 aliphatic heterocycles. The Kier molecular flexibility index (Phi) is 8.06. The lowest BCUT2D eigenvalue weighted by molar-refractivity contribution is -0.126. The fourth-order valence-electron chi connectivity index (χ4n) is 4.53. The van der Waals surface area contributed by atoms with Crippen LogP contribution in [0.5, 0.6) is 5.88 Å². The molecule has 0 atom stereocenters. The number of benzene rings is 1. The van der Waals surface area contributed by atoms with Crippen LogP contribution >= 0.6 is 0 Å². The van der Waals surface area contributed by atoms with Gasteiger partial charge in [0.2, 0.25) is 11.8 Å². The van der Waals surface area contributed by atoms with Crippen LogP contribution in [0.2, 0.25) is 0 Å². The molecule has 4 heterocycles. The van der Waals surface area contributed by atoms with Crippen LogP contribution in [0, 0.1) is 5.82 Å². The number of piperazine rings is 1. The van der Waals surface area contributed by atoms with Crippen molar-refractivity contribution in [2.24, 2.45) is 0 Å². The predicted molar refractivity (Wildman–Crippen MR) is 153 cm³/mol. The molecule has 1 amide bonds. The van der Waals surface area contributed by atoms with E-state index in [2.05, 4.69) is 29.6 Å². The Morgan fingerprint density at radius 3 is 2.50 bits per heavy atom. The first-order valence-electron chi connectivity index (χ1n) is 12.8. The van der Waals surface area contributed by atoms with E-state index in [9.17, 15) is 22.4 Å². The molecule has 42 heavy (non-hydrogen) atoms. The normalized spacial score (nSPS) is 13.9. The zero-order chi connectivity index (χ0) is 29.9. The van der Waals surface area contributed by atoms with Crippen LogP contribution in [-0.2, 0) is 19.6 Å². The van der Waals surface area contributed by atoms with Crippen molar-refractivity contribution in [2.75, 3.05) is 42.9 Å². The second-order valence-electron chi connectivity index (χ2n) is 9.38. The highest BCUT2D eigenvalue weighted by Gasteiger charge is 2.24. The maximum atomic E-state index is 14.2. The van der Waals surface area contributed by atoms with Crippen LogP contribution in [0.1, 0.15) is 6.92 Å². The number of amides is 1. The number of anilines is 2. The van der Waals surface area contributed by atoms with E-state index in [-0.39, 0.29) is 23.3 Å². The lowest BCUT2D eigenvalue weighted by Crippen LogP contribution is -2.48. The summed E-state index contributed by atoms with van der Waals surface area (Å²) in [6.45, 7) is 3.35. The topological polar surface area (TPSA) is 148 Å². The maximum absolute atomic E-state index is 14.2. The summed E-state index contributed by atoms with van der Waals surface area (Å²) in [6, 6.07) is 8.13. The number of carbonyl (C=O) groups excluding carboxylic acids is 2. The number of allylic oxidation sites excluding steroid dienone is 1. The number of pyridine rings is 2. The van der Waals surface area contributed by atoms with Crippen LogP contribution < -0.4 is 14.4 Å². The van der Waals surface area contributed by atoms with Gasteiger partial charge in [-0.2, -0.15) is 0 Å². The number of methoxy groups -OCH3 is 1. The molecule has 1 N–H and O–H groups in total. The first-order valence-corrected chi connectivity index (χ1v) is 14.3. The monoisotopic (exact) mass is 591 g/mol. The van der Waals surface area contributed by atoms with Gasteiger partial charge in [-0.3, -0.25) is 19.3 Å². The van der Waals surface area contributed by atoms with Gasteiger partial charge < -0.3 is 14.5 Å². The summed E-state index contributed by atoms with van der Waals surface area (Å²) in [4.78, 5) is 43.5. The molecule has 0 saturated carbocycles. The fourth-order valence-corrected chi connectivity index (χ4v) is 5.63. The summed E-state index contributed by atoms with van der Waals surface area (Å²) in [5, 5.41) is 0.753. The molecule has 0 unspecified atom stereocenters. The first-order chi connectivity index (χ1) is 20.2. The lowest BCUT2D eigenvalue weighted by Gasteiger charge is -2.35. The second-order valence-corrected chi connectivity index (χ2v) is 11.0. The number of halogens is 1. The molecular weight excluding hydrogens is 565 g/mol. The van der Waals surface area contributed by atoms with Crippen LogP contribution in [-0.4, -0.2) is 78.2 Å². The highest BCUT2D eigenvalue weighted by atomic mass is 32.2. The molecule has 1 fully saturated rings. The molecule has 1 aromatic carbocycles. The molecule has 5 rings (SSSR count). The lowest BCUT2D eigenvalue weighted by atomic mass is 10.0. The van der Waals surface area contributed by atoms with Crippen LogP contribution in [0.3, 0.4) is 0 Å². The number of ether oxygens (including phenoxy) is 1. The third-order valence-electron chi connectivity index (χ3n) is 6.61. The molecule has 0 aliphatic carbocycles. The predicted octanol–water partition coefficient (Wildman–Crippen LogP) is 2.83. The first kappa shape index (κ1) is 28.5. The number of carbonyl (C=O) groups is 2. The van der Waals surface area contributed by atoms with E-state index in [1.165, 1.54) is 44.9 Å². The number of nitrogens with zero attached hydrogens (tertiary/aromatic N) is 6. The Morgan fingerprint density at radius 1 is 1.00 bits per heavy atom.